The van der Waals surface area contributed by atoms with Crippen LogP contribution in [0.5, 0.6) is 0 Å². The lowest BCUT2D eigenvalue weighted by atomic mass is 10.3. The van der Waals surface area contributed by atoms with Crippen LogP contribution in [-0.2, 0) is 26.0 Å². The molecule has 0 bridgehead atoms. The molecule has 0 spiro atoms. The van der Waals surface area contributed by atoms with Gasteiger partial charge in [0.1, 0.15) is 0 Å². The van der Waals surface area contributed by atoms with Crippen LogP contribution >= 0.6 is 11.3 Å². The fourth-order valence-corrected chi connectivity index (χ4v) is 4.63. The summed E-state index contributed by atoms with van der Waals surface area (Å²) in [7, 11) is -0.495. The molecule has 1 saturated carbocycles. The molecule has 8 heteroatoms. The van der Waals surface area contributed by atoms with Crippen molar-refractivity contribution in [3.63, 3.8) is 0 Å². The third-order valence-electron chi connectivity index (χ3n) is 3.65. The van der Waals surface area contributed by atoms with Gasteiger partial charge >= 0.3 is 5.97 Å². The third-order valence-corrected chi connectivity index (χ3v) is 6.86. The highest BCUT2D eigenvalue weighted by molar-refractivity contribution is 7.91. The Morgan fingerprint density at radius 3 is 2.71 bits per heavy atom. The van der Waals surface area contributed by atoms with Gasteiger partial charge in [-0.2, -0.15) is 0 Å². The first kappa shape index (κ1) is 16.4. The molecule has 1 aliphatic carbocycles. The Balaban J connectivity index is 1.96. The minimum atomic E-state index is -3.38. The Labute approximate surface area is 128 Å². The molecular weight excluding hydrogens is 314 g/mol. The lowest BCUT2D eigenvalue weighted by molar-refractivity contribution is 0.0601. The first-order valence-electron chi connectivity index (χ1n) is 6.58. The first-order valence-corrected chi connectivity index (χ1v) is 8.94. The summed E-state index contributed by atoms with van der Waals surface area (Å²) in [4.78, 5) is 12.1. The van der Waals surface area contributed by atoms with E-state index in [0.717, 1.165) is 4.88 Å². The number of ether oxygens (including phenoxy) is 2. The number of esters is 1. The number of hydrogen-bond acceptors (Lipinski definition) is 6. The number of rotatable bonds is 8. The largest absolute Gasteiger partial charge is 0.465 e. The van der Waals surface area contributed by atoms with Crippen molar-refractivity contribution in [2.75, 3.05) is 20.8 Å². The van der Waals surface area contributed by atoms with Gasteiger partial charge in [0.2, 0.25) is 10.0 Å². The summed E-state index contributed by atoms with van der Waals surface area (Å²) in [6.07, 6.45) is 1.85. The van der Waals surface area contributed by atoms with Crippen molar-refractivity contribution in [1.82, 2.24) is 4.72 Å². The summed E-state index contributed by atoms with van der Waals surface area (Å²) < 4.78 is 36.2. The van der Waals surface area contributed by atoms with Crippen molar-refractivity contribution in [3.8, 4) is 0 Å². The molecule has 1 aromatic rings. The average Bonchev–Trinajstić information content (AvgIpc) is 3.13. The van der Waals surface area contributed by atoms with Crippen molar-refractivity contribution >= 4 is 27.3 Å². The predicted molar refractivity (Wildman–Crippen MR) is 79.9 cm³/mol. The van der Waals surface area contributed by atoms with E-state index in [1.807, 2.05) is 0 Å². The van der Waals surface area contributed by atoms with Crippen LogP contribution in [0, 0.1) is 0 Å². The number of hydrogen-bond donors (Lipinski definition) is 1. The second-order valence-electron chi connectivity index (χ2n) is 5.04. The van der Waals surface area contributed by atoms with E-state index in [9.17, 15) is 13.2 Å². The van der Waals surface area contributed by atoms with Gasteiger partial charge in [0.15, 0.2) is 0 Å². The summed E-state index contributed by atoms with van der Waals surface area (Å²) in [5.74, 6) is -0.417. The zero-order chi connectivity index (χ0) is 15.5. The van der Waals surface area contributed by atoms with Crippen molar-refractivity contribution < 1.29 is 22.7 Å². The number of carbonyl (C=O) groups excluding carboxylic acids is 1. The summed E-state index contributed by atoms with van der Waals surface area (Å²) in [5.41, 5.74) is 0.442. The molecule has 1 aromatic heterocycles. The fourth-order valence-electron chi connectivity index (χ4n) is 2.10. The van der Waals surface area contributed by atoms with Crippen LogP contribution in [0.4, 0.5) is 0 Å². The number of nitrogens with one attached hydrogen (secondary N) is 1. The van der Waals surface area contributed by atoms with Gasteiger partial charge in [-0.25, -0.2) is 17.9 Å². The predicted octanol–water partition coefficient (Wildman–Crippen LogP) is 1.52. The minimum absolute atomic E-state index is 0.193. The van der Waals surface area contributed by atoms with E-state index < -0.39 is 20.7 Å². The van der Waals surface area contributed by atoms with E-state index in [0.29, 0.717) is 31.4 Å². The van der Waals surface area contributed by atoms with Crippen LogP contribution in [0.15, 0.2) is 11.4 Å². The molecule has 0 aromatic carbocycles. The number of sulfonamides is 1. The molecule has 6 nitrogen and oxygen atoms in total. The highest BCUT2D eigenvalue weighted by atomic mass is 32.2. The number of methoxy groups -OCH3 is 2. The van der Waals surface area contributed by atoms with Gasteiger partial charge in [0.05, 0.1) is 17.4 Å². The summed E-state index contributed by atoms with van der Waals surface area (Å²) in [5, 5.41) is 1.66. The maximum atomic E-state index is 12.3. The van der Waals surface area contributed by atoms with Crippen LogP contribution in [-0.4, -0.2) is 40.0 Å². The van der Waals surface area contributed by atoms with E-state index in [1.165, 1.54) is 18.4 Å². The van der Waals surface area contributed by atoms with E-state index in [2.05, 4.69) is 9.46 Å². The second-order valence-corrected chi connectivity index (χ2v) is 8.20. The smallest absolute Gasteiger partial charge is 0.338 e. The molecule has 2 rings (SSSR count). The molecule has 0 unspecified atom stereocenters. The van der Waals surface area contributed by atoms with Crippen molar-refractivity contribution in [2.24, 2.45) is 0 Å². The van der Waals surface area contributed by atoms with Gasteiger partial charge in [-0.15, -0.1) is 11.3 Å². The normalized spacial score (nSPS) is 16.7. The summed E-state index contributed by atoms with van der Waals surface area (Å²) in [6, 6.07) is 1.65. The number of carbonyl (C=O) groups is 1. The summed E-state index contributed by atoms with van der Waals surface area (Å²) in [6.45, 7) is 0.630. The molecule has 0 atom stereocenters. The Kier molecular flexibility index (Phi) is 5.03. The molecule has 21 heavy (non-hydrogen) atoms. The van der Waals surface area contributed by atoms with Crippen LogP contribution in [0.2, 0.25) is 0 Å². The quantitative estimate of drug-likeness (QED) is 0.730. The highest BCUT2D eigenvalue weighted by Gasteiger charge is 2.53. The Bertz CT molecular complexity index is 604. The molecule has 1 heterocycles. The van der Waals surface area contributed by atoms with Crippen molar-refractivity contribution in [2.45, 2.75) is 30.6 Å². The average molecular weight is 333 g/mol. The van der Waals surface area contributed by atoms with Gasteiger partial charge in [0.25, 0.3) is 0 Å². The van der Waals surface area contributed by atoms with Gasteiger partial charge in [0, 0.05) is 30.5 Å². The fraction of sp³-hybridized carbons (Fsp3) is 0.615. The van der Waals surface area contributed by atoms with Crippen molar-refractivity contribution in [1.29, 1.82) is 0 Å². The third kappa shape index (κ3) is 3.63. The lowest BCUT2D eigenvalue weighted by Crippen LogP contribution is -2.36. The zero-order valence-corrected chi connectivity index (χ0v) is 13.7. The topological polar surface area (TPSA) is 81.7 Å². The molecule has 1 fully saturated rings. The molecular formula is C13H19NO5S2. The Morgan fingerprint density at radius 1 is 1.43 bits per heavy atom. The zero-order valence-electron chi connectivity index (χ0n) is 12.0. The van der Waals surface area contributed by atoms with Crippen LogP contribution in [0.1, 0.15) is 34.5 Å². The van der Waals surface area contributed by atoms with Gasteiger partial charge in [-0.1, -0.05) is 0 Å². The Hall–Kier alpha value is -0.960. The molecule has 0 saturated heterocycles. The maximum absolute atomic E-state index is 12.3. The first-order chi connectivity index (χ1) is 9.94. The SMILES string of the molecule is COCCC1(S(=O)(=O)NCc2cc(C(=O)OC)cs2)CC1. The standard InChI is InChI=1S/C13H19NO5S2/c1-18-6-5-13(3-4-13)21(16,17)14-8-11-7-10(9-20-11)12(15)19-2/h7,9,14H,3-6,8H2,1-2H3. The van der Waals surface area contributed by atoms with Crippen molar-refractivity contribution in [3.05, 3.63) is 21.9 Å². The van der Waals surface area contributed by atoms with Gasteiger partial charge < -0.3 is 9.47 Å². The van der Waals surface area contributed by atoms with Crippen LogP contribution in [0.25, 0.3) is 0 Å². The van der Waals surface area contributed by atoms with E-state index in [-0.39, 0.29) is 6.54 Å². The van der Waals surface area contributed by atoms with Gasteiger partial charge in [-0.05, 0) is 25.3 Å². The maximum Gasteiger partial charge on any atom is 0.338 e. The molecule has 0 aliphatic heterocycles. The highest BCUT2D eigenvalue weighted by Crippen LogP contribution is 2.46. The second kappa shape index (κ2) is 6.43. The van der Waals surface area contributed by atoms with E-state index in [4.69, 9.17) is 4.74 Å². The van der Waals surface area contributed by atoms with Crippen LogP contribution in [0.3, 0.4) is 0 Å². The number of thiophene rings is 1. The van der Waals surface area contributed by atoms with E-state index >= 15 is 0 Å². The monoisotopic (exact) mass is 333 g/mol. The Morgan fingerprint density at radius 2 is 2.14 bits per heavy atom. The van der Waals surface area contributed by atoms with Gasteiger partial charge in [-0.3, -0.25) is 0 Å². The molecule has 0 radical (unpaired) electrons. The summed E-state index contributed by atoms with van der Waals surface area (Å²) >= 11 is 1.33. The lowest BCUT2D eigenvalue weighted by Gasteiger charge is -2.16. The molecule has 0 amide bonds. The van der Waals surface area contributed by atoms with E-state index in [1.54, 1.807) is 18.6 Å². The molecule has 1 N–H and O–H groups in total. The molecule has 118 valence electrons. The van der Waals surface area contributed by atoms with Crippen LogP contribution < -0.4 is 4.72 Å². The minimum Gasteiger partial charge on any atom is -0.465 e. The molecule has 1 aliphatic rings.